The van der Waals surface area contributed by atoms with Gasteiger partial charge < -0.3 is 10.6 Å². The lowest BCUT2D eigenvalue weighted by molar-refractivity contribution is 0.175. The smallest absolute Gasteiger partial charge is 0.0387 e. The highest BCUT2D eigenvalue weighted by Gasteiger charge is 2.27. The third kappa shape index (κ3) is 3.30. The summed E-state index contributed by atoms with van der Waals surface area (Å²) in [5.74, 6) is 1.08. The van der Waals surface area contributed by atoms with Gasteiger partial charge in [0.1, 0.15) is 0 Å². The summed E-state index contributed by atoms with van der Waals surface area (Å²) in [4.78, 5) is 2.29. The molecule has 0 radical (unpaired) electrons. The highest BCUT2D eigenvalue weighted by atomic mass is 15.1. The molecule has 0 heterocycles. The van der Waals surface area contributed by atoms with Gasteiger partial charge in [0.05, 0.1) is 0 Å². The van der Waals surface area contributed by atoms with Gasteiger partial charge in [-0.05, 0) is 50.5 Å². The molecule has 0 aliphatic rings. The number of aryl methyl sites for hydroxylation is 1. The van der Waals surface area contributed by atoms with Crippen molar-refractivity contribution in [3.8, 4) is 0 Å². The van der Waals surface area contributed by atoms with Gasteiger partial charge in [-0.3, -0.25) is 0 Å². The van der Waals surface area contributed by atoms with Crippen LogP contribution in [0, 0.1) is 18.8 Å². The van der Waals surface area contributed by atoms with Gasteiger partial charge in [-0.2, -0.15) is 0 Å². The fraction of sp³-hybridized carbons (Fsp3) is 0.600. The van der Waals surface area contributed by atoms with Gasteiger partial charge in [0.25, 0.3) is 0 Å². The van der Waals surface area contributed by atoms with Crippen LogP contribution in [0.1, 0.15) is 31.0 Å². The van der Waals surface area contributed by atoms with Gasteiger partial charge in [-0.1, -0.05) is 38.1 Å². The van der Waals surface area contributed by atoms with Crippen LogP contribution in [0.2, 0.25) is 0 Å². The van der Waals surface area contributed by atoms with Crippen LogP contribution < -0.4 is 5.73 Å². The topological polar surface area (TPSA) is 29.3 Å². The Bertz CT molecular complexity index is 345. The third-order valence-electron chi connectivity index (χ3n) is 3.60. The van der Waals surface area contributed by atoms with Gasteiger partial charge in [0, 0.05) is 6.04 Å². The van der Waals surface area contributed by atoms with Crippen LogP contribution in [0.5, 0.6) is 0 Å². The van der Waals surface area contributed by atoms with E-state index in [9.17, 15) is 0 Å². The molecule has 0 saturated carbocycles. The van der Waals surface area contributed by atoms with Crippen molar-refractivity contribution in [1.29, 1.82) is 0 Å². The molecular weight excluding hydrogens is 208 g/mol. The highest BCUT2D eigenvalue weighted by Crippen LogP contribution is 2.32. The summed E-state index contributed by atoms with van der Waals surface area (Å²) >= 11 is 0. The van der Waals surface area contributed by atoms with E-state index in [-0.39, 0.29) is 0 Å². The zero-order valence-electron chi connectivity index (χ0n) is 11.8. The molecule has 1 aromatic rings. The number of hydrogen-bond donors (Lipinski definition) is 1. The lowest BCUT2D eigenvalue weighted by Gasteiger charge is -2.35. The van der Waals surface area contributed by atoms with Crippen LogP contribution in [-0.4, -0.2) is 25.5 Å². The van der Waals surface area contributed by atoms with Crippen molar-refractivity contribution in [2.45, 2.75) is 26.8 Å². The molecule has 2 unspecified atom stereocenters. The number of hydrogen-bond acceptors (Lipinski definition) is 2. The summed E-state index contributed by atoms with van der Waals surface area (Å²) in [7, 11) is 4.28. The van der Waals surface area contributed by atoms with Crippen molar-refractivity contribution in [2.24, 2.45) is 17.6 Å². The highest BCUT2D eigenvalue weighted by molar-refractivity contribution is 5.29. The molecule has 0 saturated heterocycles. The van der Waals surface area contributed by atoms with Crippen LogP contribution in [0.3, 0.4) is 0 Å². The maximum atomic E-state index is 5.97. The van der Waals surface area contributed by atoms with E-state index in [0.29, 0.717) is 17.9 Å². The van der Waals surface area contributed by atoms with E-state index in [0.717, 1.165) is 6.54 Å². The van der Waals surface area contributed by atoms with E-state index in [1.165, 1.54) is 11.1 Å². The Kier molecular flexibility index (Phi) is 5.16. The normalized spacial score (nSPS) is 15.3. The minimum absolute atomic E-state index is 0.404. The second kappa shape index (κ2) is 6.18. The Hall–Kier alpha value is -0.860. The van der Waals surface area contributed by atoms with Crippen molar-refractivity contribution in [1.82, 2.24) is 4.90 Å². The fourth-order valence-electron chi connectivity index (χ4n) is 2.58. The molecule has 0 aliphatic heterocycles. The van der Waals surface area contributed by atoms with Crippen LogP contribution in [0.4, 0.5) is 0 Å². The molecule has 17 heavy (non-hydrogen) atoms. The molecule has 0 amide bonds. The lowest BCUT2D eigenvalue weighted by Crippen LogP contribution is -2.35. The molecule has 0 aliphatic carbocycles. The Morgan fingerprint density at radius 2 is 1.76 bits per heavy atom. The van der Waals surface area contributed by atoms with Crippen LogP contribution >= 0.6 is 0 Å². The molecule has 2 heteroatoms. The molecule has 0 fully saturated rings. The molecule has 1 aromatic carbocycles. The first-order valence-corrected chi connectivity index (χ1v) is 6.41. The van der Waals surface area contributed by atoms with Crippen LogP contribution in [0.15, 0.2) is 24.3 Å². The molecular formula is C15H26N2. The maximum absolute atomic E-state index is 5.97. The molecule has 1 rings (SSSR count). The maximum Gasteiger partial charge on any atom is 0.0387 e. The molecule has 0 aromatic heterocycles. The molecule has 2 atom stereocenters. The van der Waals surface area contributed by atoms with E-state index in [1.807, 2.05) is 0 Å². The van der Waals surface area contributed by atoms with E-state index < -0.39 is 0 Å². The second-order valence-electron chi connectivity index (χ2n) is 5.41. The van der Waals surface area contributed by atoms with Crippen molar-refractivity contribution in [3.63, 3.8) is 0 Å². The van der Waals surface area contributed by atoms with E-state index in [4.69, 9.17) is 5.73 Å². The number of benzene rings is 1. The summed E-state index contributed by atoms with van der Waals surface area (Å²) in [6.45, 7) is 7.42. The van der Waals surface area contributed by atoms with Crippen molar-refractivity contribution in [3.05, 3.63) is 35.4 Å². The summed E-state index contributed by atoms with van der Waals surface area (Å²) < 4.78 is 0. The Morgan fingerprint density at radius 1 is 1.18 bits per heavy atom. The minimum Gasteiger partial charge on any atom is -0.330 e. The SMILES string of the molecule is Cc1ccccc1C(C(CN)C(C)C)N(C)C. The zero-order chi connectivity index (χ0) is 13.0. The van der Waals surface area contributed by atoms with Crippen molar-refractivity contribution >= 4 is 0 Å². The summed E-state index contributed by atoms with van der Waals surface area (Å²) in [6, 6.07) is 9.02. The molecule has 2 nitrogen and oxygen atoms in total. The summed E-state index contributed by atoms with van der Waals surface area (Å²) in [5, 5.41) is 0. The average molecular weight is 234 g/mol. The summed E-state index contributed by atoms with van der Waals surface area (Å²) in [6.07, 6.45) is 0. The molecule has 0 spiro atoms. The number of rotatable bonds is 5. The van der Waals surface area contributed by atoms with Gasteiger partial charge in [-0.25, -0.2) is 0 Å². The largest absolute Gasteiger partial charge is 0.330 e. The Labute approximate surface area is 106 Å². The van der Waals surface area contributed by atoms with Crippen molar-refractivity contribution < 1.29 is 0 Å². The molecule has 2 N–H and O–H groups in total. The van der Waals surface area contributed by atoms with Crippen LogP contribution in [-0.2, 0) is 0 Å². The quantitative estimate of drug-likeness (QED) is 0.849. The van der Waals surface area contributed by atoms with Gasteiger partial charge in [-0.15, -0.1) is 0 Å². The predicted octanol–water partition coefficient (Wildman–Crippen LogP) is 2.83. The fourth-order valence-corrected chi connectivity index (χ4v) is 2.58. The van der Waals surface area contributed by atoms with Crippen LogP contribution in [0.25, 0.3) is 0 Å². The first-order chi connectivity index (χ1) is 7.99. The molecule has 0 bridgehead atoms. The van der Waals surface area contributed by atoms with Gasteiger partial charge in [0.2, 0.25) is 0 Å². The number of nitrogens with two attached hydrogens (primary N) is 1. The monoisotopic (exact) mass is 234 g/mol. The third-order valence-corrected chi connectivity index (χ3v) is 3.60. The second-order valence-corrected chi connectivity index (χ2v) is 5.41. The average Bonchev–Trinajstić information content (AvgIpc) is 2.26. The predicted molar refractivity (Wildman–Crippen MR) is 75.0 cm³/mol. The summed E-state index contributed by atoms with van der Waals surface area (Å²) in [5.41, 5.74) is 8.73. The molecule has 96 valence electrons. The first kappa shape index (κ1) is 14.2. The Morgan fingerprint density at radius 3 is 2.18 bits per heavy atom. The number of nitrogens with zero attached hydrogens (tertiary/aromatic N) is 1. The standard InChI is InChI=1S/C15H26N2/c1-11(2)14(10-16)15(17(4)5)13-9-7-6-8-12(13)3/h6-9,11,14-15H,10,16H2,1-5H3. The lowest BCUT2D eigenvalue weighted by atomic mass is 9.82. The van der Waals surface area contributed by atoms with E-state index >= 15 is 0 Å². The van der Waals surface area contributed by atoms with Crippen molar-refractivity contribution in [2.75, 3.05) is 20.6 Å². The van der Waals surface area contributed by atoms with E-state index in [1.54, 1.807) is 0 Å². The Balaban J connectivity index is 3.13. The first-order valence-electron chi connectivity index (χ1n) is 6.41. The van der Waals surface area contributed by atoms with Gasteiger partial charge >= 0.3 is 0 Å². The zero-order valence-corrected chi connectivity index (χ0v) is 11.8. The van der Waals surface area contributed by atoms with Gasteiger partial charge in [0.15, 0.2) is 0 Å². The van der Waals surface area contributed by atoms with E-state index in [2.05, 4.69) is 64.0 Å². The minimum atomic E-state index is 0.404.